The average molecular weight is 375 g/mol. The number of nitrogens with one attached hydrogen (secondary N) is 2. The van der Waals surface area contributed by atoms with Crippen molar-refractivity contribution in [1.82, 2.24) is 15.5 Å². The highest BCUT2D eigenvalue weighted by Crippen LogP contribution is 2.33. The summed E-state index contributed by atoms with van der Waals surface area (Å²) in [6.07, 6.45) is 5.66. The highest BCUT2D eigenvalue weighted by atomic mass is 32.2. The van der Waals surface area contributed by atoms with Gasteiger partial charge in [0.15, 0.2) is 4.34 Å². The van der Waals surface area contributed by atoms with Crippen molar-refractivity contribution >= 4 is 34.1 Å². The van der Waals surface area contributed by atoms with Gasteiger partial charge in [-0.05, 0) is 50.2 Å². The van der Waals surface area contributed by atoms with Crippen LogP contribution >= 0.6 is 23.1 Å². The Morgan fingerprint density at radius 3 is 2.96 bits per heavy atom. The summed E-state index contributed by atoms with van der Waals surface area (Å²) in [5.41, 5.74) is 2.63. The lowest BCUT2D eigenvalue weighted by Crippen LogP contribution is -2.35. The third-order valence-electron chi connectivity index (χ3n) is 4.64. The van der Waals surface area contributed by atoms with Crippen molar-refractivity contribution in [2.75, 3.05) is 5.32 Å². The molecule has 2 aromatic rings. The van der Waals surface area contributed by atoms with Crippen molar-refractivity contribution in [3.05, 3.63) is 35.4 Å². The number of benzene rings is 1. The van der Waals surface area contributed by atoms with E-state index in [1.54, 1.807) is 0 Å². The summed E-state index contributed by atoms with van der Waals surface area (Å²) in [5.74, 6) is 0.0682. The molecule has 1 amide bonds. The Morgan fingerprint density at radius 2 is 2.12 bits per heavy atom. The van der Waals surface area contributed by atoms with Gasteiger partial charge in [0.05, 0.1) is 11.3 Å². The van der Waals surface area contributed by atoms with Crippen LogP contribution in [0.5, 0.6) is 0 Å². The van der Waals surface area contributed by atoms with Gasteiger partial charge < -0.3 is 10.6 Å². The van der Waals surface area contributed by atoms with Crippen molar-refractivity contribution in [3.63, 3.8) is 0 Å². The van der Waals surface area contributed by atoms with E-state index >= 15 is 0 Å². The summed E-state index contributed by atoms with van der Waals surface area (Å²) in [6.45, 7) is 1.93. The molecule has 132 valence electrons. The average Bonchev–Trinajstić information content (AvgIpc) is 3.33. The molecule has 2 atom stereocenters. The van der Waals surface area contributed by atoms with Crippen molar-refractivity contribution in [3.8, 4) is 0 Å². The third kappa shape index (κ3) is 4.15. The molecule has 0 radical (unpaired) electrons. The summed E-state index contributed by atoms with van der Waals surface area (Å²) >= 11 is 3.01. The van der Waals surface area contributed by atoms with E-state index in [2.05, 4.69) is 45.1 Å². The topological polar surface area (TPSA) is 66.9 Å². The van der Waals surface area contributed by atoms with Crippen molar-refractivity contribution in [2.24, 2.45) is 0 Å². The van der Waals surface area contributed by atoms with Crippen LogP contribution in [-0.4, -0.2) is 27.4 Å². The molecular formula is C18H22N4OS2. The number of fused-ring (bicyclic) bond motifs is 1. The zero-order valence-electron chi connectivity index (χ0n) is 14.2. The van der Waals surface area contributed by atoms with Gasteiger partial charge in [0, 0.05) is 6.04 Å². The maximum atomic E-state index is 12.6. The normalized spacial score (nSPS) is 20.6. The van der Waals surface area contributed by atoms with Gasteiger partial charge in [-0.2, -0.15) is 0 Å². The minimum Gasteiger partial charge on any atom is -0.357 e. The number of aryl methyl sites for hydroxylation is 1. The lowest BCUT2D eigenvalue weighted by molar-refractivity contribution is -0.121. The fourth-order valence-electron chi connectivity index (χ4n) is 3.12. The Hall–Kier alpha value is -1.60. The number of hydrogen-bond acceptors (Lipinski definition) is 6. The molecule has 1 fully saturated rings. The fourth-order valence-corrected chi connectivity index (χ4v) is 5.10. The second-order valence-corrected chi connectivity index (χ2v) is 9.27. The lowest BCUT2D eigenvalue weighted by Gasteiger charge is -2.27. The van der Waals surface area contributed by atoms with Crippen LogP contribution in [0.15, 0.2) is 28.6 Å². The van der Waals surface area contributed by atoms with E-state index in [-0.39, 0.29) is 17.2 Å². The van der Waals surface area contributed by atoms with E-state index in [4.69, 9.17) is 0 Å². The Balaban J connectivity index is 1.35. The van der Waals surface area contributed by atoms with Gasteiger partial charge >= 0.3 is 0 Å². The molecule has 2 aliphatic rings. The number of anilines is 1. The minimum atomic E-state index is -0.184. The molecule has 7 heteroatoms. The highest BCUT2D eigenvalue weighted by molar-refractivity contribution is 8.02. The lowest BCUT2D eigenvalue weighted by atomic mass is 9.88. The van der Waals surface area contributed by atoms with Crippen LogP contribution in [0.2, 0.25) is 0 Å². The predicted octanol–water partition coefficient (Wildman–Crippen LogP) is 3.79. The molecule has 1 heterocycles. The fraction of sp³-hybridized carbons (Fsp3) is 0.500. The number of hydrogen-bond donors (Lipinski definition) is 2. The van der Waals surface area contributed by atoms with Gasteiger partial charge in [-0.15, -0.1) is 10.2 Å². The number of carbonyl (C=O) groups excluding carboxylic acids is 1. The largest absolute Gasteiger partial charge is 0.357 e. The molecule has 25 heavy (non-hydrogen) atoms. The van der Waals surface area contributed by atoms with Crippen LogP contribution < -0.4 is 10.6 Å². The second-order valence-electron chi connectivity index (χ2n) is 6.70. The van der Waals surface area contributed by atoms with E-state index in [0.717, 1.165) is 28.7 Å². The van der Waals surface area contributed by atoms with E-state index < -0.39 is 0 Å². The van der Waals surface area contributed by atoms with Crippen LogP contribution in [0.1, 0.15) is 49.8 Å². The summed E-state index contributed by atoms with van der Waals surface area (Å²) in [6, 6.07) is 9.13. The monoisotopic (exact) mass is 374 g/mol. The SMILES string of the molecule is CC(Sc1nnc(NC2CC2)s1)C(=O)NC1CCCc2ccccc21. The van der Waals surface area contributed by atoms with Crippen LogP contribution in [0.25, 0.3) is 0 Å². The molecular weight excluding hydrogens is 352 g/mol. The molecule has 2 unspecified atom stereocenters. The molecule has 1 saturated carbocycles. The number of thioether (sulfide) groups is 1. The first-order chi connectivity index (χ1) is 12.2. The van der Waals surface area contributed by atoms with Gasteiger partial charge in [0.1, 0.15) is 0 Å². The molecule has 4 rings (SSSR count). The second kappa shape index (κ2) is 7.33. The van der Waals surface area contributed by atoms with E-state index in [0.29, 0.717) is 6.04 Å². The smallest absolute Gasteiger partial charge is 0.233 e. The van der Waals surface area contributed by atoms with E-state index in [9.17, 15) is 4.79 Å². The molecule has 0 saturated heterocycles. The summed E-state index contributed by atoms with van der Waals surface area (Å²) in [4.78, 5) is 12.6. The maximum Gasteiger partial charge on any atom is 0.233 e. The Labute approximate surface area is 156 Å². The first-order valence-corrected chi connectivity index (χ1v) is 10.5. The number of carbonyl (C=O) groups is 1. The van der Waals surface area contributed by atoms with Crippen molar-refractivity contribution in [1.29, 1.82) is 0 Å². The van der Waals surface area contributed by atoms with E-state index in [1.165, 1.54) is 47.1 Å². The molecule has 1 aromatic heterocycles. The first-order valence-electron chi connectivity index (χ1n) is 8.84. The molecule has 2 aliphatic carbocycles. The van der Waals surface area contributed by atoms with Crippen LogP contribution in [0.3, 0.4) is 0 Å². The number of nitrogens with zero attached hydrogens (tertiary/aromatic N) is 2. The number of amides is 1. The zero-order valence-corrected chi connectivity index (χ0v) is 15.8. The van der Waals surface area contributed by atoms with Crippen LogP contribution in [0, 0.1) is 0 Å². The molecule has 2 N–H and O–H groups in total. The summed E-state index contributed by atoms with van der Waals surface area (Å²) in [5, 5.41) is 15.6. The first kappa shape index (κ1) is 16.8. The maximum absolute atomic E-state index is 12.6. The number of rotatable bonds is 6. The van der Waals surface area contributed by atoms with Gasteiger partial charge in [-0.3, -0.25) is 4.79 Å². The van der Waals surface area contributed by atoms with Crippen LogP contribution in [0.4, 0.5) is 5.13 Å². The Kier molecular flexibility index (Phi) is 4.94. The number of aromatic nitrogens is 2. The summed E-state index contributed by atoms with van der Waals surface area (Å²) in [7, 11) is 0. The molecule has 1 aromatic carbocycles. The standard InChI is InChI=1S/C18H22N4OS2/c1-11(24-18-22-21-17(25-18)19-13-9-10-13)16(23)20-15-8-4-6-12-5-2-3-7-14(12)15/h2-3,5,7,11,13,15H,4,6,8-10H2,1H3,(H,19,21)(H,20,23). The third-order valence-corrected chi connectivity index (χ3v) is 6.68. The predicted molar refractivity (Wildman–Crippen MR) is 102 cm³/mol. The molecule has 0 aliphatic heterocycles. The van der Waals surface area contributed by atoms with Gasteiger partial charge in [0.2, 0.25) is 11.0 Å². The summed E-state index contributed by atoms with van der Waals surface area (Å²) < 4.78 is 0.842. The van der Waals surface area contributed by atoms with Crippen molar-refractivity contribution in [2.45, 2.75) is 60.7 Å². The Bertz CT molecular complexity index is 759. The quantitative estimate of drug-likeness (QED) is 0.753. The minimum absolute atomic E-state index is 0.0682. The molecule has 0 bridgehead atoms. The van der Waals surface area contributed by atoms with Crippen molar-refractivity contribution < 1.29 is 4.79 Å². The van der Waals surface area contributed by atoms with Crippen LogP contribution in [-0.2, 0) is 11.2 Å². The van der Waals surface area contributed by atoms with Gasteiger partial charge in [-0.25, -0.2) is 0 Å². The van der Waals surface area contributed by atoms with Gasteiger partial charge in [0.25, 0.3) is 0 Å². The molecule has 0 spiro atoms. The zero-order chi connectivity index (χ0) is 17.2. The van der Waals surface area contributed by atoms with E-state index in [1.807, 2.05) is 6.92 Å². The molecule has 5 nitrogen and oxygen atoms in total. The van der Waals surface area contributed by atoms with Gasteiger partial charge in [-0.1, -0.05) is 47.4 Å². The highest BCUT2D eigenvalue weighted by Gasteiger charge is 2.26. The Morgan fingerprint density at radius 1 is 1.28 bits per heavy atom.